The quantitative estimate of drug-likeness (QED) is 0.825. The first kappa shape index (κ1) is 16.0. The third-order valence-electron chi connectivity index (χ3n) is 3.72. The minimum Gasteiger partial charge on any atom is -0.366 e. The summed E-state index contributed by atoms with van der Waals surface area (Å²) < 4.78 is 0. The number of nitrogens with two attached hydrogens (primary N) is 1. The molecule has 1 aliphatic heterocycles. The molecule has 2 heterocycles. The minimum absolute atomic E-state index is 0.210. The molecule has 122 valence electrons. The van der Waals surface area contributed by atoms with Gasteiger partial charge >= 0.3 is 0 Å². The monoisotopic (exact) mass is 340 g/mol. The van der Waals surface area contributed by atoms with E-state index < -0.39 is 5.91 Å². The number of thiazole rings is 1. The summed E-state index contributed by atoms with van der Waals surface area (Å²) in [6, 6.07) is 6.64. The predicted molar refractivity (Wildman–Crippen MR) is 92.7 cm³/mol. The SMILES string of the molecule is NC(=O)c1cccc(C#CC(=O)N2CCN(c3nccs3)CC2)c1. The van der Waals surface area contributed by atoms with Crippen molar-refractivity contribution in [3.63, 3.8) is 0 Å². The summed E-state index contributed by atoms with van der Waals surface area (Å²) in [6.07, 6.45) is 1.78. The first-order chi connectivity index (χ1) is 11.6. The van der Waals surface area contributed by atoms with Crippen LogP contribution in [0, 0.1) is 11.8 Å². The molecule has 2 aromatic rings. The predicted octanol–water partition coefficient (Wildman–Crippen LogP) is 0.942. The van der Waals surface area contributed by atoms with Gasteiger partial charge in [-0.25, -0.2) is 4.98 Å². The standard InChI is InChI=1S/C17H16N4O2S/c18-16(23)14-3-1-2-13(12-14)4-5-15(22)20-7-9-21(10-8-20)17-19-6-11-24-17/h1-3,6,11-12H,7-10H2,(H2,18,23). The lowest BCUT2D eigenvalue weighted by molar-refractivity contribution is -0.125. The Morgan fingerprint density at radius 1 is 1.21 bits per heavy atom. The summed E-state index contributed by atoms with van der Waals surface area (Å²) in [4.78, 5) is 31.5. The van der Waals surface area contributed by atoms with Gasteiger partial charge in [0.05, 0.1) is 0 Å². The van der Waals surface area contributed by atoms with E-state index in [0.29, 0.717) is 24.2 Å². The smallest absolute Gasteiger partial charge is 0.298 e. The molecular formula is C17H16N4O2S. The maximum atomic E-state index is 12.2. The van der Waals surface area contributed by atoms with Crippen LogP contribution in [-0.2, 0) is 4.79 Å². The number of benzene rings is 1. The summed E-state index contributed by atoms with van der Waals surface area (Å²) in [6.45, 7) is 2.74. The fourth-order valence-corrected chi connectivity index (χ4v) is 3.12. The Morgan fingerprint density at radius 2 is 2.00 bits per heavy atom. The lowest BCUT2D eigenvalue weighted by Crippen LogP contribution is -2.48. The molecule has 6 nitrogen and oxygen atoms in total. The zero-order valence-corrected chi connectivity index (χ0v) is 13.8. The van der Waals surface area contributed by atoms with Gasteiger partial charge in [-0.2, -0.15) is 0 Å². The lowest BCUT2D eigenvalue weighted by atomic mass is 10.1. The van der Waals surface area contributed by atoms with E-state index in [9.17, 15) is 9.59 Å². The van der Waals surface area contributed by atoms with Crippen LogP contribution in [0.2, 0.25) is 0 Å². The number of rotatable bonds is 2. The van der Waals surface area contributed by atoms with Crippen molar-refractivity contribution >= 4 is 28.3 Å². The van der Waals surface area contributed by atoms with Crippen LogP contribution < -0.4 is 10.6 Å². The summed E-state index contributed by atoms with van der Waals surface area (Å²) >= 11 is 1.60. The number of hydrogen-bond acceptors (Lipinski definition) is 5. The van der Waals surface area contributed by atoms with Gasteiger partial charge in [-0.15, -0.1) is 11.3 Å². The van der Waals surface area contributed by atoms with Crippen molar-refractivity contribution in [2.45, 2.75) is 0 Å². The van der Waals surface area contributed by atoms with Crippen LogP contribution in [0.1, 0.15) is 15.9 Å². The molecule has 2 N–H and O–H groups in total. The molecule has 0 aliphatic carbocycles. The van der Waals surface area contributed by atoms with Crippen molar-refractivity contribution in [3.05, 3.63) is 47.0 Å². The molecule has 7 heteroatoms. The number of nitrogens with zero attached hydrogens (tertiary/aromatic N) is 3. The van der Waals surface area contributed by atoms with E-state index in [-0.39, 0.29) is 5.91 Å². The molecule has 1 aliphatic rings. The molecule has 1 fully saturated rings. The summed E-state index contributed by atoms with van der Waals surface area (Å²) in [5, 5.41) is 2.93. The highest BCUT2D eigenvalue weighted by Gasteiger charge is 2.21. The Hall–Kier alpha value is -2.85. The molecule has 1 aromatic heterocycles. The average Bonchev–Trinajstić information content (AvgIpc) is 3.14. The number of aromatic nitrogens is 1. The lowest BCUT2D eigenvalue weighted by Gasteiger charge is -2.33. The minimum atomic E-state index is -0.511. The summed E-state index contributed by atoms with van der Waals surface area (Å²) in [5.74, 6) is 4.72. The van der Waals surface area contributed by atoms with Gasteiger partial charge in [0.15, 0.2) is 5.13 Å². The topological polar surface area (TPSA) is 79.5 Å². The maximum Gasteiger partial charge on any atom is 0.298 e. The van der Waals surface area contributed by atoms with Crippen LogP contribution in [0.3, 0.4) is 0 Å². The maximum absolute atomic E-state index is 12.2. The highest BCUT2D eigenvalue weighted by molar-refractivity contribution is 7.13. The number of piperazine rings is 1. The summed E-state index contributed by atoms with van der Waals surface area (Å²) in [7, 11) is 0. The molecular weight excluding hydrogens is 324 g/mol. The molecule has 2 amide bonds. The molecule has 0 saturated carbocycles. The number of carbonyl (C=O) groups is 2. The fraction of sp³-hybridized carbons (Fsp3) is 0.235. The molecule has 0 unspecified atom stereocenters. The van der Waals surface area contributed by atoms with E-state index in [1.807, 2.05) is 5.38 Å². The van der Waals surface area contributed by atoms with Crippen LogP contribution in [0.15, 0.2) is 35.8 Å². The molecule has 1 saturated heterocycles. The Balaban J connectivity index is 1.61. The Labute approximate surface area is 143 Å². The van der Waals surface area contributed by atoms with Gasteiger partial charge in [0.2, 0.25) is 5.91 Å². The first-order valence-corrected chi connectivity index (χ1v) is 8.37. The van der Waals surface area contributed by atoms with Crippen molar-refractivity contribution in [1.82, 2.24) is 9.88 Å². The van der Waals surface area contributed by atoms with Gasteiger partial charge in [-0.1, -0.05) is 12.0 Å². The van der Waals surface area contributed by atoms with Crippen LogP contribution in [-0.4, -0.2) is 47.9 Å². The van der Waals surface area contributed by atoms with Crippen LogP contribution in [0.5, 0.6) is 0 Å². The molecule has 0 atom stereocenters. The Morgan fingerprint density at radius 3 is 2.67 bits per heavy atom. The second-order valence-corrected chi connectivity index (χ2v) is 6.16. The van der Waals surface area contributed by atoms with Gasteiger partial charge in [-0.3, -0.25) is 9.59 Å². The highest BCUT2D eigenvalue weighted by atomic mass is 32.1. The zero-order chi connectivity index (χ0) is 16.9. The molecule has 3 rings (SSSR count). The van der Waals surface area contributed by atoms with Crippen LogP contribution >= 0.6 is 11.3 Å². The van der Waals surface area contributed by atoms with Crippen LogP contribution in [0.25, 0.3) is 0 Å². The van der Waals surface area contributed by atoms with Crippen LogP contribution in [0.4, 0.5) is 5.13 Å². The Bertz CT molecular complexity index is 799. The van der Waals surface area contributed by atoms with Crippen molar-refractivity contribution < 1.29 is 9.59 Å². The van der Waals surface area contributed by atoms with E-state index >= 15 is 0 Å². The average molecular weight is 340 g/mol. The van der Waals surface area contributed by atoms with E-state index in [1.165, 1.54) is 0 Å². The van der Waals surface area contributed by atoms with Crippen molar-refractivity contribution in [3.8, 4) is 11.8 Å². The molecule has 0 radical (unpaired) electrons. The summed E-state index contributed by atoms with van der Waals surface area (Å²) in [5.41, 5.74) is 6.22. The van der Waals surface area contributed by atoms with Gasteiger partial charge in [0.25, 0.3) is 5.91 Å². The second kappa shape index (κ2) is 7.15. The largest absolute Gasteiger partial charge is 0.366 e. The third kappa shape index (κ3) is 3.73. The number of anilines is 1. The van der Waals surface area contributed by atoms with Crippen molar-refractivity contribution in [2.24, 2.45) is 5.73 Å². The fourth-order valence-electron chi connectivity index (χ4n) is 2.43. The molecule has 1 aromatic carbocycles. The van der Waals surface area contributed by atoms with Crippen molar-refractivity contribution in [2.75, 3.05) is 31.1 Å². The zero-order valence-electron chi connectivity index (χ0n) is 12.9. The molecule has 0 bridgehead atoms. The van der Waals surface area contributed by atoms with Gasteiger partial charge < -0.3 is 15.5 Å². The van der Waals surface area contributed by atoms with Gasteiger partial charge in [-0.05, 0) is 18.2 Å². The Kier molecular flexibility index (Phi) is 4.77. The normalized spacial score (nSPS) is 14.0. The van der Waals surface area contributed by atoms with Gasteiger partial charge in [0.1, 0.15) is 0 Å². The number of primary amides is 1. The number of hydrogen-bond donors (Lipinski definition) is 1. The third-order valence-corrected chi connectivity index (χ3v) is 4.55. The van der Waals surface area contributed by atoms with E-state index in [0.717, 1.165) is 18.2 Å². The van der Waals surface area contributed by atoms with Crippen molar-refractivity contribution in [1.29, 1.82) is 0 Å². The highest BCUT2D eigenvalue weighted by Crippen LogP contribution is 2.18. The number of amides is 2. The van der Waals surface area contributed by atoms with Gasteiger partial charge in [0, 0.05) is 54.8 Å². The molecule has 0 spiro atoms. The second-order valence-electron chi connectivity index (χ2n) is 5.29. The van der Waals surface area contributed by atoms with E-state index in [4.69, 9.17) is 5.73 Å². The first-order valence-electron chi connectivity index (χ1n) is 7.49. The van der Waals surface area contributed by atoms with E-state index in [1.54, 1.807) is 46.7 Å². The number of carbonyl (C=O) groups excluding carboxylic acids is 2. The molecule has 24 heavy (non-hydrogen) atoms. The van der Waals surface area contributed by atoms with E-state index in [2.05, 4.69) is 21.7 Å².